The number of rotatable bonds is 1. The van der Waals surface area contributed by atoms with Crippen LogP contribution in [-0.4, -0.2) is 34.1 Å². The average Bonchev–Trinajstić information content (AvgIpc) is 3.40. The lowest BCUT2D eigenvalue weighted by Crippen LogP contribution is -2.58. The number of aliphatic hydroxyl groups excluding tert-OH is 2. The van der Waals surface area contributed by atoms with Gasteiger partial charge in [0.25, 0.3) is 0 Å². The van der Waals surface area contributed by atoms with Crippen molar-refractivity contribution in [1.29, 1.82) is 0 Å². The van der Waals surface area contributed by atoms with Gasteiger partial charge < -0.3 is 19.4 Å². The van der Waals surface area contributed by atoms with E-state index in [1.807, 2.05) is 6.07 Å². The average molecular weight is 401 g/mol. The van der Waals surface area contributed by atoms with Gasteiger partial charge in [-0.1, -0.05) is 13.8 Å². The van der Waals surface area contributed by atoms with Crippen LogP contribution in [0.4, 0.5) is 0 Å². The second kappa shape index (κ2) is 5.74. The summed E-state index contributed by atoms with van der Waals surface area (Å²) in [5, 5.41) is 21.5. The van der Waals surface area contributed by atoms with E-state index in [0.29, 0.717) is 17.8 Å². The summed E-state index contributed by atoms with van der Waals surface area (Å²) in [4.78, 5) is 11.5. The zero-order chi connectivity index (χ0) is 20.2. The molecule has 5 nitrogen and oxygen atoms in total. The van der Waals surface area contributed by atoms with Crippen molar-refractivity contribution in [3.8, 4) is 0 Å². The van der Waals surface area contributed by atoms with Crippen molar-refractivity contribution in [1.82, 2.24) is 0 Å². The van der Waals surface area contributed by atoms with E-state index in [0.717, 1.165) is 50.5 Å². The van der Waals surface area contributed by atoms with Gasteiger partial charge in [-0.2, -0.15) is 0 Å². The van der Waals surface area contributed by atoms with Crippen LogP contribution in [0.25, 0.3) is 0 Å². The van der Waals surface area contributed by atoms with Crippen LogP contribution in [0.1, 0.15) is 70.3 Å². The molecule has 29 heavy (non-hydrogen) atoms. The summed E-state index contributed by atoms with van der Waals surface area (Å²) in [6.45, 7) is 4.76. The van der Waals surface area contributed by atoms with Gasteiger partial charge in [0.2, 0.25) is 0 Å². The van der Waals surface area contributed by atoms with Crippen LogP contribution in [0.15, 0.2) is 27.6 Å². The summed E-state index contributed by atoms with van der Waals surface area (Å²) >= 11 is 0. The molecule has 4 saturated carbocycles. The highest BCUT2D eigenvalue weighted by Gasteiger charge is 2.83. The van der Waals surface area contributed by atoms with Crippen molar-refractivity contribution >= 4 is 0 Å². The Labute approximate surface area is 171 Å². The Morgan fingerprint density at radius 2 is 1.86 bits per heavy atom. The minimum atomic E-state index is -0.551. The molecule has 1 spiro atoms. The maximum absolute atomic E-state index is 11.5. The Morgan fingerprint density at radius 3 is 2.62 bits per heavy atom. The molecular formula is C24H32O5. The zero-order valence-electron chi connectivity index (χ0n) is 17.3. The summed E-state index contributed by atoms with van der Waals surface area (Å²) in [6.07, 6.45) is 8.19. The molecule has 2 heterocycles. The predicted molar refractivity (Wildman–Crippen MR) is 106 cm³/mol. The fraction of sp³-hybridized carbons (Fsp3) is 0.792. The minimum absolute atomic E-state index is 0.0507. The molecule has 0 bridgehead atoms. The highest BCUT2D eigenvalue weighted by molar-refractivity contribution is 5.38. The quantitative estimate of drug-likeness (QED) is 0.707. The van der Waals surface area contributed by atoms with Gasteiger partial charge in [0.15, 0.2) is 0 Å². The third kappa shape index (κ3) is 2.14. The highest BCUT2D eigenvalue weighted by atomic mass is 16.6. The molecule has 158 valence electrons. The van der Waals surface area contributed by atoms with Gasteiger partial charge in [-0.3, -0.25) is 0 Å². The van der Waals surface area contributed by atoms with E-state index in [-0.39, 0.29) is 40.2 Å². The van der Waals surface area contributed by atoms with E-state index in [2.05, 4.69) is 13.8 Å². The summed E-state index contributed by atoms with van der Waals surface area (Å²) in [5.74, 6) is 1.63. The van der Waals surface area contributed by atoms with Crippen molar-refractivity contribution in [2.24, 2.45) is 28.6 Å². The fourth-order valence-corrected chi connectivity index (χ4v) is 8.81. The molecule has 6 rings (SSSR count). The minimum Gasteiger partial charge on any atom is -0.431 e. The number of epoxide rings is 1. The fourth-order valence-electron chi connectivity index (χ4n) is 8.81. The number of ether oxygens (including phenoxy) is 1. The van der Waals surface area contributed by atoms with Gasteiger partial charge in [0.05, 0.1) is 18.5 Å². The maximum atomic E-state index is 11.5. The molecule has 5 fully saturated rings. The summed E-state index contributed by atoms with van der Waals surface area (Å²) < 4.78 is 11.6. The Hall–Kier alpha value is -1.17. The molecule has 0 amide bonds. The molecule has 10 atom stereocenters. The standard InChI is InChI=1S/C24H32O5/c1-22-9-7-15(25)11-14(22)4-5-17-16(22)8-10-23(2)19(13-3-6-18(26)28-12-13)20(27)21-24(17,23)29-21/h3,6,12,14-17,19-21,25,27H,4-5,7-11H2,1-2H3/t14-,15-,16+,17-,19+,20+,21-,22+,23-,24-/m1/s1. The number of hydrogen-bond acceptors (Lipinski definition) is 5. The third-order valence-corrected chi connectivity index (χ3v) is 10.2. The summed E-state index contributed by atoms with van der Waals surface area (Å²) in [5.41, 5.74) is 0.457. The van der Waals surface area contributed by atoms with Gasteiger partial charge in [-0.25, -0.2) is 4.79 Å². The van der Waals surface area contributed by atoms with Gasteiger partial charge >= 0.3 is 5.63 Å². The van der Waals surface area contributed by atoms with E-state index < -0.39 is 6.10 Å². The molecule has 1 aromatic rings. The Kier molecular flexibility index (Phi) is 3.68. The molecule has 0 radical (unpaired) electrons. The molecule has 5 heteroatoms. The van der Waals surface area contributed by atoms with Crippen molar-refractivity contribution in [3.63, 3.8) is 0 Å². The SMILES string of the molecule is C[C@]12CC[C@@H](O)C[C@H]1CC[C@@H]1[C@@H]2CC[C@]2(C)[C@@H](c3ccc(=O)oc3)[C@H](O)[C@H]3O[C@]132. The molecule has 0 unspecified atom stereocenters. The Bertz CT molecular complexity index is 875. The molecule has 4 aliphatic carbocycles. The molecule has 2 N–H and O–H groups in total. The van der Waals surface area contributed by atoms with Gasteiger partial charge in [-0.05, 0) is 79.7 Å². The topological polar surface area (TPSA) is 83.2 Å². The lowest BCUT2D eigenvalue weighted by Gasteiger charge is -2.61. The van der Waals surface area contributed by atoms with Crippen LogP contribution in [0.5, 0.6) is 0 Å². The summed E-state index contributed by atoms with van der Waals surface area (Å²) in [6, 6.07) is 3.30. The third-order valence-electron chi connectivity index (χ3n) is 10.2. The van der Waals surface area contributed by atoms with E-state index >= 15 is 0 Å². The second-order valence-electron chi connectivity index (χ2n) is 11.1. The van der Waals surface area contributed by atoms with E-state index in [9.17, 15) is 15.0 Å². The second-order valence-corrected chi connectivity index (χ2v) is 11.1. The van der Waals surface area contributed by atoms with Gasteiger partial charge in [-0.15, -0.1) is 0 Å². The lowest BCUT2D eigenvalue weighted by atomic mass is 9.44. The molecule has 1 aliphatic heterocycles. The normalized spacial score (nSPS) is 55.4. The van der Waals surface area contributed by atoms with Gasteiger partial charge in [0, 0.05) is 17.4 Å². The predicted octanol–water partition coefficient (Wildman–Crippen LogP) is 3.23. The highest BCUT2D eigenvalue weighted by Crippen LogP contribution is 2.77. The van der Waals surface area contributed by atoms with Crippen LogP contribution in [-0.2, 0) is 4.74 Å². The molecule has 1 aromatic heterocycles. The van der Waals surface area contributed by atoms with Crippen LogP contribution in [0, 0.1) is 28.6 Å². The smallest absolute Gasteiger partial charge is 0.335 e. The van der Waals surface area contributed by atoms with Crippen molar-refractivity contribution in [2.75, 3.05) is 0 Å². The van der Waals surface area contributed by atoms with Crippen molar-refractivity contribution in [2.45, 2.75) is 88.6 Å². The zero-order valence-corrected chi connectivity index (χ0v) is 17.3. The van der Waals surface area contributed by atoms with Crippen LogP contribution < -0.4 is 5.63 Å². The largest absolute Gasteiger partial charge is 0.431 e. The maximum Gasteiger partial charge on any atom is 0.335 e. The lowest BCUT2D eigenvalue weighted by molar-refractivity contribution is -0.143. The first-order chi connectivity index (χ1) is 13.8. The van der Waals surface area contributed by atoms with Crippen LogP contribution in [0.2, 0.25) is 0 Å². The first kappa shape index (κ1) is 18.6. The van der Waals surface area contributed by atoms with Crippen molar-refractivity contribution in [3.05, 3.63) is 34.4 Å². The summed E-state index contributed by atoms with van der Waals surface area (Å²) in [7, 11) is 0. The number of fused-ring (bicyclic) bond motifs is 3. The van der Waals surface area contributed by atoms with Crippen LogP contribution in [0.3, 0.4) is 0 Å². The van der Waals surface area contributed by atoms with E-state index in [4.69, 9.17) is 9.15 Å². The number of hydrogen-bond donors (Lipinski definition) is 2. The molecule has 1 saturated heterocycles. The first-order valence-electron chi connectivity index (χ1n) is 11.4. The van der Waals surface area contributed by atoms with Gasteiger partial charge in [0.1, 0.15) is 11.7 Å². The first-order valence-corrected chi connectivity index (χ1v) is 11.4. The van der Waals surface area contributed by atoms with Crippen molar-refractivity contribution < 1.29 is 19.4 Å². The molecule has 5 aliphatic rings. The van der Waals surface area contributed by atoms with E-state index in [1.165, 1.54) is 6.07 Å². The van der Waals surface area contributed by atoms with Crippen LogP contribution >= 0.6 is 0 Å². The van der Waals surface area contributed by atoms with E-state index in [1.54, 1.807) is 6.26 Å². The Balaban J connectivity index is 1.38. The molecule has 0 aromatic carbocycles. The Morgan fingerprint density at radius 1 is 1.03 bits per heavy atom. The monoisotopic (exact) mass is 400 g/mol. The molecular weight excluding hydrogens is 368 g/mol. The number of aliphatic hydroxyl groups is 2.